The Hall–Kier alpha value is -2.90. The van der Waals surface area contributed by atoms with E-state index in [0.717, 1.165) is 18.4 Å². The second kappa shape index (κ2) is 7.61. The van der Waals surface area contributed by atoms with Crippen LogP contribution in [0.4, 0.5) is 10.3 Å². The molecule has 1 saturated heterocycles. The number of methoxy groups -OCH3 is 1. The zero-order valence-electron chi connectivity index (χ0n) is 15.8. The van der Waals surface area contributed by atoms with Gasteiger partial charge >= 0.3 is 0 Å². The molecule has 2 aromatic rings. The van der Waals surface area contributed by atoms with Gasteiger partial charge in [0.1, 0.15) is 5.75 Å². The average Bonchev–Trinajstić information content (AvgIpc) is 3.55. The van der Waals surface area contributed by atoms with Crippen molar-refractivity contribution >= 4 is 11.9 Å². The minimum atomic E-state index is -0.767. The van der Waals surface area contributed by atoms with E-state index >= 15 is 0 Å². The normalized spacial score (nSPS) is 16.9. The number of ether oxygens (including phenoxy) is 1. The van der Waals surface area contributed by atoms with Gasteiger partial charge in [0.2, 0.25) is 17.7 Å². The first-order chi connectivity index (χ1) is 13.6. The van der Waals surface area contributed by atoms with Gasteiger partial charge < -0.3 is 14.5 Å². The van der Waals surface area contributed by atoms with Crippen LogP contribution in [0.5, 0.6) is 5.75 Å². The molecule has 1 saturated carbocycles. The lowest BCUT2D eigenvalue weighted by Gasteiger charge is -2.35. The molecule has 7 nitrogen and oxygen atoms in total. The van der Waals surface area contributed by atoms with Crippen molar-refractivity contribution in [2.75, 3.05) is 38.2 Å². The molecular formula is C20H23FN4O3. The Bertz CT molecular complexity index is 933. The van der Waals surface area contributed by atoms with E-state index in [9.17, 15) is 14.0 Å². The summed E-state index contributed by atoms with van der Waals surface area (Å²) in [6.45, 7) is 2.12. The molecule has 0 bridgehead atoms. The van der Waals surface area contributed by atoms with Crippen molar-refractivity contribution in [2.24, 2.45) is 0 Å². The monoisotopic (exact) mass is 386 g/mol. The number of aromatic nitrogens is 2. The van der Waals surface area contributed by atoms with Gasteiger partial charge in [-0.1, -0.05) is 18.2 Å². The number of halogens is 1. The molecule has 8 heteroatoms. The summed E-state index contributed by atoms with van der Waals surface area (Å²) >= 11 is 0. The summed E-state index contributed by atoms with van der Waals surface area (Å²) in [6, 6.07) is 7.49. The van der Waals surface area contributed by atoms with Crippen LogP contribution in [0, 0.1) is 5.82 Å². The molecule has 1 aromatic carbocycles. The molecule has 0 radical (unpaired) electrons. The van der Waals surface area contributed by atoms with Crippen molar-refractivity contribution < 1.29 is 13.9 Å². The number of nitrogens with zero attached hydrogens (tertiary/aromatic N) is 3. The fourth-order valence-electron chi connectivity index (χ4n) is 3.53. The molecule has 4 rings (SSSR count). The molecule has 0 atom stereocenters. The third-order valence-electron chi connectivity index (χ3n) is 5.31. The van der Waals surface area contributed by atoms with E-state index < -0.39 is 11.4 Å². The van der Waals surface area contributed by atoms with Gasteiger partial charge in [-0.25, -0.2) is 4.98 Å². The highest BCUT2D eigenvalue weighted by atomic mass is 19.1. The quantitative estimate of drug-likeness (QED) is 0.846. The highest BCUT2D eigenvalue weighted by molar-refractivity contribution is 5.79. The molecular weight excluding hydrogens is 363 g/mol. The number of amides is 1. The van der Waals surface area contributed by atoms with Crippen molar-refractivity contribution in [2.45, 2.75) is 25.2 Å². The van der Waals surface area contributed by atoms with E-state index in [1.165, 1.54) is 0 Å². The number of H-pyrrole nitrogens is 1. The van der Waals surface area contributed by atoms with Crippen molar-refractivity contribution in [1.29, 1.82) is 0 Å². The number of anilines is 1. The second-order valence-corrected chi connectivity index (χ2v) is 7.22. The Morgan fingerprint density at radius 1 is 1.25 bits per heavy atom. The first-order valence-electron chi connectivity index (χ1n) is 9.51. The molecule has 1 aliphatic carbocycles. The summed E-state index contributed by atoms with van der Waals surface area (Å²) in [6.07, 6.45) is 2.03. The molecule has 1 N–H and O–H groups in total. The van der Waals surface area contributed by atoms with Crippen LogP contribution in [-0.2, 0) is 11.2 Å². The fraction of sp³-hybridized carbons (Fsp3) is 0.450. The highest BCUT2D eigenvalue weighted by Gasteiger charge is 2.31. The van der Waals surface area contributed by atoms with Crippen LogP contribution in [0.3, 0.4) is 0 Å². The molecule has 28 heavy (non-hydrogen) atoms. The SMILES string of the molecule is COc1ccccc1CC(=O)N1CCN(c2nc(C3CC3)c(F)c(=O)[nH]2)CC1. The van der Waals surface area contributed by atoms with Crippen LogP contribution in [0.2, 0.25) is 0 Å². The van der Waals surface area contributed by atoms with Gasteiger partial charge in [0.15, 0.2) is 0 Å². The Morgan fingerprint density at radius 3 is 2.64 bits per heavy atom. The number of piperazine rings is 1. The Labute approximate surface area is 162 Å². The highest BCUT2D eigenvalue weighted by Crippen LogP contribution is 2.39. The van der Waals surface area contributed by atoms with Gasteiger partial charge in [0.05, 0.1) is 19.2 Å². The van der Waals surface area contributed by atoms with Crippen LogP contribution in [0.15, 0.2) is 29.1 Å². The molecule has 2 fully saturated rings. The van der Waals surface area contributed by atoms with Crippen LogP contribution in [-0.4, -0.2) is 54.1 Å². The summed E-state index contributed by atoms with van der Waals surface area (Å²) in [7, 11) is 1.59. The first-order valence-corrected chi connectivity index (χ1v) is 9.51. The molecule has 2 aliphatic rings. The third kappa shape index (κ3) is 3.72. The number of carbonyl (C=O) groups excluding carboxylic acids is 1. The van der Waals surface area contributed by atoms with Crippen molar-refractivity contribution in [3.05, 3.63) is 51.7 Å². The summed E-state index contributed by atoms with van der Waals surface area (Å²) in [5, 5.41) is 0. The number of nitrogens with one attached hydrogen (secondary N) is 1. The minimum absolute atomic E-state index is 0.0309. The van der Waals surface area contributed by atoms with Crippen molar-refractivity contribution in [3.63, 3.8) is 0 Å². The summed E-state index contributed by atoms with van der Waals surface area (Å²) in [4.78, 5) is 35.1. The largest absolute Gasteiger partial charge is 0.496 e. The maximum atomic E-state index is 14.0. The zero-order chi connectivity index (χ0) is 19.7. The smallest absolute Gasteiger partial charge is 0.288 e. The molecule has 1 aromatic heterocycles. The summed E-state index contributed by atoms with van der Waals surface area (Å²) < 4.78 is 19.3. The number of para-hydroxylation sites is 1. The zero-order valence-corrected chi connectivity index (χ0v) is 15.8. The Morgan fingerprint density at radius 2 is 1.96 bits per heavy atom. The molecule has 148 valence electrons. The lowest BCUT2D eigenvalue weighted by molar-refractivity contribution is -0.130. The van der Waals surface area contributed by atoms with E-state index in [-0.39, 0.29) is 23.9 Å². The van der Waals surface area contributed by atoms with Crippen LogP contribution < -0.4 is 15.2 Å². The molecule has 0 spiro atoms. The number of aromatic amines is 1. The predicted molar refractivity (Wildman–Crippen MR) is 102 cm³/mol. The second-order valence-electron chi connectivity index (χ2n) is 7.22. The van der Waals surface area contributed by atoms with Crippen LogP contribution in [0.25, 0.3) is 0 Å². The minimum Gasteiger partial charge on any atom is -0.496 e. The lowest BCUT2D eigenvalue weighted by Crippen LogP contribution is -2.50. The third-order valence-corrected chi connectivity index (χ3v) is 5.31. The van der Waals surface area contributed by atoms with Gasteiger partial charge in [-0.2, -0.15) is 4.39 Å². The number of hydrogen-bond donors (Lipinski definition) is 1. The predicted octanol–water partition coefficient (Wildman–Crippen LogP) is 1.69. The lowest BCUT2D eigenvalue weighted by atomic mass is 10.1. The van der Waals surface area contributed by atoms with Gasteiger partial charge in [0, 0.05) is 37.7 Å². The van der Waals surface area contributed by atoms with Crippen molar-refractivity contribution in [1.82, 2.24) is 14.9 Å². The number of hydrogen-bond acceptors (Lipinski definition) is 5. The van der Waals surface area contributed by atoms with E-state index in [0.29, 0.717) is 37.9 Å². The van der Waals surface area contributed by atoms with E-state index in [2.05, 4.69) is 9.97 Å². The fourth-order valence-corrected chi connectivity index (χ4v) is 3.53. The van der Waals surface area contributed by atoms with Gasteiger partial charge in [-0.3, -0.25) is 14.6 Å². The van der Waals surface area contributed by atoms with Gasteiger partial charge in [0.25, 0.3) is 5.56 Å². The molecule has 1 amide bonds. The van der Waals surface area contributed by atoms with E-state index in [1.54, 1.807) is 12.0 Å². The summed E-state index contributed by atoms with van der Waals surface area (Å²) in [5.41, 5.74) is 0.408. The van der Waals surface area contributed by atoms with E-state index in [4.69, 9.17) is 4.74 Å². The number of carbonyl (C=O) groups is 1. The Kier molecular flexibility index (Phi) is 5.02. The molecule has 0 unspecified atom stereocenters. The van der Waals surface area contributed by atoms with Crippen LogP contribution in [0.1, 0.15) is 30.0 Å². The van der Waals surface area contributed by atoms with Crippen molar-refractivity contribution in [3.8, 4) is 5.75 Å². The molecule has 1 aliphatic heterocycles. The van der Waals surface area contributed by atoms with E-state index in [1.807, 2.05) is 29.2 Å². The number of rotatable bonds is 5. The standard InChI is InChI=1S/C20H23FN4O3/c1-28-15-5-3-2-4-14(15)12-16(26)24-8-10-25(11-9-24)20-22-18(13-6-7-13)17(21)19(27)23-20/h2-5,13H,6-12H2,1H3,(H,22,23,27). The molecule has 2 heterocycles. The number of benzene rings is 1. The van der Waals surface area contributed by atoms with Crippen LogP contribution >= 0.6 is 0 Å². The maximum Gasteiger partial charge on any atom is 0.288 e. The van der Waals surface area contributed by atoms with Gasteiger partial charge in [-0.05, 0) is 18.9 Å². The van der Waals surface area contributed by atoms with Gasteiger partial charge in [-0.15, -0.1) is 0 Å². The Balaban J connectivity index is 1.41. The average molecular weight is 386 g/mol. The summed E-state index contributed by atoms with van der Waals surface area (Å²) in [5.74, 6) is 0.422. The first kappa shape index (κ1) is 18.5. The topological polar surface area (TPSA) is 78.5 Å². The maximum absolute atomic E-state index is 14.0.